The molecular formula is C11H11F2NO. The third-order valence-electron chi connectivity index (χ3n) is 2.31. The highest BCUT2D eigenvalue weighted by molar-refractivity contribution is 5.81. The predicted octanol–water partition coefficient (Wildman–Crippen LogP) is 3.26. The molecule has 4 heteroatoms. The normalized spacial score (nSPS) is 11.2. The number of benzene rings is 1. The molecule has 1 heterocycles. The molecule has 2 aromatic rings. The third-order valence-corrected chi connectivity index (χ3v) is 2.31. The van der Waals surface area contributed by atoms with Gasteiger partial charge in [0.1, 0.15) is 5.75 Å². The molecule has 0 saturated heterocycles. The van der Waals surface area contributed by atoms with E-state index in [9.17, 15) is 8.78 Å². The van der Waals surface area contributed by atoms with Crippen molar-refractivity contribution in [3.63, 3.8) is 0 Å². The van der Waals surface area contributed by atoms with Crippen LogP contribution in [0.3, 0.4) is 0 Å². The molecule has 0 amide bonds. The van der Waals surface area contributed by atoms with Gasteiger partial charge in [-0.15, -0.1) is 0 Å². The van der Waals surface area contributed by atoms with Crippen LogP contribution in [0.15, 0.2) is 30.5 Å². The number of fused-ring (bicyclic) bond motifs is 1. The maximum Gasteiger partial charge on any atom is 0.387 e. The van der Waals surface area contributed by atoms with Crippen LogP contribution in [0.4, 0.5) is 8.78 Å². The van der Waals surface area contributed by atoms with E-state index in [0.29, 0.717) is 0 Å². The molecule has 0 aliphatic carbocycles. The summed E-state index contributed by atoms with van der Waals surface area (Å²) in [6.45, 7) is 0.0364. The molecule has 1 aromatic carbocycles. The quantitative estimate of drug-likeness (QED) is 0.760. The number of halogens is 2. The minimum Gasteiger partial charge on any atom is -0.435 e. The number of alkyl halides is 2. The number of aryl methyl sites for hydroxylation is 1. The Morgan fingerprint density at radius 3 is 2.80 bits per heavy atom. The molecular weight excluding hydrogens is 200 g/mol. The number of ether oxygens (including phenoxy) is 1. The molecule has 0 saturated carbocycles. The highest BCUT2D eigenvalue weighted by Gasteiger charge is 2.06. The van der Waals surface area contributed by atoms with Gasteiger partial charge in [0, 0.05) is 18.8 Å². The summed E-state index contributed by atoms with van der Waals surface area (Å²) in [4.78, 5) is 0. The average Bonchev–Trinajstić information content (AvgIpc) is 2.59. The number of hydrogen-bond donors (Lipinski definition) is 0. The first-order valence-corrected chi connectivity index (χ1v) is 4.74. The van der Waals surface area contributed by atoms with Crippen molar-refractivity contribution >= 4 is 10.9 Å². The zero-order valence-corrected chi connectivity index (χ0v) is 8.28. The van der Waals surface area contributed by atoms with Gasteiger partial charge in [-0.3, -0.25) is 0 Å². The molecule has 0 atom stereocenters. The Bertz CT molecular complexity index is 465. The Hall–Kier alpha value is -1.58. The summed E-state index contributed by atoms with van der Waals surface area (Å²) < 4.78 is 30.3. The predicted molar refractivity (Wildman–Crippen MR) is 54.2 cm³/mol. The number of aromatic nitrogens is 1. The van der Waals surface area contributed by atoms with Crippen molar-refractivity contribution in [1.29, 1.82) is 0 Å². The fraction of sp³-hybridized carbons (Fsp3) is 0.273. The van der Waals surface area contributed by atoms with Gasteiger partial charge in [0.15, 0.2) is 0 Å². The average molecular weight is 211 g/mol. The van der Waals surface area contributed by atoms with E-state index in [1.54, 1.807) is 18.2 Å². The van der Waals surface area contributed by atoms with Crippen molar-refractivity contribution < 1.29 is 13.5 Å². The van der Waals surface area contributed by atoms with Crippen molar-refractivity contribution in [2.75, 3.05) is 0 Å². The van der Waals surface area contributed by atoms with Crippen molar-refractivity contribution in [2.45, 2.75) is 20.1 Å². The third kappa shape index (κ3) is 1.93. The summed E-state index contributed by atoms with van der Waals surface area (Å²) in [6, 6.07) is 6.91. The molecule has 1 aromatic heterocycles. The van der Waals surface area contributed by atoms with Gasteiger partial charge in [-0.1, -0.05) is 0 Å². The Kier molecular flexibility index (Phi) is 2.58. The molecule has 0 aliphatic rings. The zero-order chi connectivity index (χ0) is 10.8. The Labute approximate surface area is 86.1 Å². The number of rotatable bonds is 3. The molecule has 0 spiro atoms. The lowest BCUT2D eigenvalue weighted by atomic mass is 10.2. The van der Waals surface area contributed by atoms with Gasteiger partial charge in [-0.2, -0.15) is 8.78 Å². The second kappa shape index (κ2) is 3.88. The highest BCUT2D eigenvalue weighted by atomic mass is 19.3. The maximum absolute atomic E-state index is 12.0. The SMILES string of the molecule is CCn1ccc2ccc(OC(F)F)cc21. The van der Waals surface area contributed by atoms with Gasteiger partial charge in [0.25, 0.3) is 0 Å². The summed E-state index contributed by atoms with van der Waals surface area (Å²) in [5.74, 6) is 0.200. The molecule has 2 nitrogen and oxygen atoms in total. The van der Waals surface area contributed by atoms with Crippen LogP contribution in [0.25, 0.3) is 10.9 Å². The van der Waals surface area contributed by atoms with E-state index in [0.717, 1.165) is 17.4 Å². The van der Waals surface area contributed by atoms with Crippen LogP contribution in [0, 0.1) is 0 Å². The second-order valence-corrected chi connectivity index (χ2v) is 3.20. The standard InChI is InChI=1S/C11H11F2NO/c1-2-14-6-5-8-3-4-9(7-10(8)14)15-11(12)13/h3-7,11H,2H2,1H3. The van der Waals surface area contributed by atoms with E-state index in [1.807, 2.05) is 23.8 Å². The van der Waals surface area contributed by atoms with Gasteiger partial charge in [0.05, 0.1) is 5.52 Å². The fourth-order valence-corrected chi connectivity index (χ4v) is 1.62. The first-order chi connectivity index (χ1) is 7.20. The lowest BCUT2D eigenvalue weighted by Crippen LogP contribution is -2.01. The lowest BCUT2D eigenvalue weighted by Gasteiger charge is -2.05. The minimum atomic E-state index is -2.77. The van der Waals surface area contributed by atoms with Gasteiger partial charge in [-0.05, 0) is 30.5 Å². The summed E-state index contributed by atoms with van der Waals surface area (Å²) in [5, 5.41) is 1.03. The van der Waals surface area contributed by atoms with Crippen molar-refractivity contribution in [2.24, 2.45) is 0 Å². The summed E-state index contributed by atoms with van der Waals surface area (Å²) in [6.07, 6.45) is 1.93. The first kappa shape index (κ1) is 9.96. The Balaban J connectivity index is 2.43. The summed E-state index contributed by atoms with van der Waals surface area (Å²) >= 11 is 0. The molecule has 15 heavy (non-hydrogen) atoms. The maximum atomic E-state index is 12.0. The van der Waals surface area contributed by atoms with Crippen molar-refractivity contribution in [1.82, 2.24) is 4.57 Å². The molecule has 80 valence electrons. The van der Waals surface area contributed by atoms with Crippen molar-refractivity contribution in [3.05, 3.63) is 30.5 Å². The molecule has 0 N–H and O–H groups in total. The van der Waals surface area contributed by atoms with E-state index in [1.165, 1.54) is 0 Å². The second-order valence-electron chi connectivity index (χ2n) is 3.20. The lowest BCUT2D eigenvalue weighted by molar-refractivity contribution is -0.0497. The molecule has 0 bridgehead atoms. The van der Waals surface area contributed by atoms with E-state index >= 15 is 0 Å². The first-order valence-electron chi connectivity index (χ1n) is 4.74. The zero-order valence-electron chi connectivity index (χ0n) is 8.28. The van der Waals surface area contributed by atoms with E-state index in [-0.39, 0.29) is 5.75 Å². The van der Waals surface area contributed by atoms with Gasteiger partial charge >= 0.3 is 6.61 Å². The van der Waals surface area contributed by atoms with Crippen LogP contribution in [0.2, 0.25) is 0 Å². The van der Waals surface area contributed by atoms with E-state index < -0.39 is 6.61 Å². The molecule has 2 rings (SSSR count). The summed E-state index contributed by atoms with van der Waals surface area (Å²) in [5.41, 5.74) is 0.913. The Morgan fingerprint density at radius 2 is 2.13 bits per heavy atom. The molecule has 0 fully saturated rings. The molecule has 0 unspecified atom stereocenters. The smallest absolute Gasteiger partial charge is 0.387 e. The monoisotopic (exact) mass is 211 g/mol. The van der Waals surface area contributed by atoms with Crippen LogP contribution in [-0.2, 0) is 6.54 Å². The number of nitrogens with zero attached hydrogens (tertiary/aromatic N) is 1. The minimum absolute atomic E-state index is 0.200. The van der Waals surface area contributed by atoms with Crippen LogP contribution < -0.4 is 4.74 Å². The van der Waals surface area contributed by atoms with Crippen LogP contribution >= 0.6 is 0 Å². The van der Waals surface area contributed by atoms with Crippen LogP contribution in [-0.4, -0.2) is 11.2 Å². The molecule has 0 aliphatic heterocycles. The highest BCUT2D eigenvalue weighted by Crippen LogP contribution is 2.23. The fourth-order valence-electron chi connectivity index (χ4n) is 1.62. The van der Waals surface area contributed by atoms with Crippen LogP contribution in [0.5, 0.6) is 5.75 Å². The van der Waals surface area contributed by atoms with Gasteiger partial charge in [0.2, 0.25) is 0 Å². The Morgan fingerprint density at radius 1 is 1.33 bits per heavy atom. The van der Waals surface area contributed by atoms with Gasteiger partial charge < -0.3 is 9.30 Å². The number of hydrogen-bond acceptors (Lipinski definition) is 1. The van der Waals surface area contributed by atoms with E-state index in [4.69, 9.17) is 0 Å². The van der Waals surface area contributed by atoms with Crippen LogP contribution in [0.1, 0.15) is 6.92 Å². The van der Waals surface area contributed by atoms with Crippen molar-refractivity contribution in [3.8, 4) is 5.75 Å². The van der Waals surface area contributed by atoms with E-state index in [2.05, 4.69) is 4.74 Å². The largest absolute Gasteiger partial charge is 0.435 e. The topological polar surface area (TPSA) is 14.2 Å². The van der Waals surface area contributed by atoms with Gasteiger partial charge in [-0.25, -0.2) is 0 Å². The molecule has 0 radical (unpaired) electrons. The summed E-state index contributed by atoms with van der Waals surface area (Å²) in [7, 11) is 0.